The van der Waals surface area contributed by atoms with E-state index in [0.717, 1.165) is 24.0 Å². The second-order valence-corrected chi connectivity index (χ2v) is 7.72. The summed E-state index contributed by atoms with van der Waals surface area (Å²) in [5, 5.41) is 0. The van der Waals surface area contributed by atoms with Gasteiger partial charge in [0.15, 0.2) is 0 Å². The predicted molar refractivity (Wildman–Crippen MR) is 120 cm³/mol. The molecule has 0 heterocycles. The third-order valence-electron chi connectivity index (χ3n) is 5.49. The first-order valence-corrected chi connectivity index (χ1v) is 10.5. The molecule has 0 spiro atoms. The minimum absolute atomic E-state index is 0.0873. The van der Waals surface area contributed by atoms with E-state index in [1.165, 1.54) is 11.1 Å². The Morgan fingerprint density at radius 2 is 1.40 bits per heavy atom. The van der Waals surface area contributed by atoms with Gasteiger partial charge >= 0.3 is 0 Å². The van der Waals surface area contributed by atoms with Gasteiger partial charge in [-0.15, -0.1) is 0 Å². The van der Waals surface area contributed by atoms with Gasteiger partial charge in [-0.2, -0.15) is 0 Å². The average Bonchev–Trinajstić information content (AvgIpc) is 3.27. The number of amides is 1. The van der Waals surface area contributed by atoms with Crippen molar-refractivity contribution in [1.29, 1.82) is 0 Å². The third-order valence-corrected chi connectivity index (χ3v) is 5.49. The summed E-state index contributed by atoms with van der Waals surface area (Å²) in [4.78, 5) is 15.3. The highest BCUT2D eigenvalue weighted by Crippen LogP contribution is 2.27. The number of hydrogen-bond donors (Lipinski definition) is 0. The fraction of sp³-hybridized carbons (Fsp3) is 0.222. The third kappa shape index (κ3) is 5.25. The molecule has 4 rings (SSSR count). The Hall–Kier alpha value is -3.17. The number of carbonyl (C=O) groups excluding carboxylic acids is 1. The summed E-state index contributed by atoms with van der Waals surface area (Å²) in [7, 11) is 0. The molecular weight excluding hydrogens is 370 g/mol. The molecule has 0 radical (unpaired) electrons. The monoisotopic (exact) mass is 397 g/mol. The lowest BCUT2D eigenvalue weighted by molar-refractivity contribution is 0.0663. The Morgan fingerprint density at radius 3 is 2.07 bits per heavy atom. The van der Waals surface area contributed by atoms with Gasteiger partial charge in [-0.1, -0.05) is 84.9 Å². The molecule has 1 atom stereocenters. The van der Waals surface area contributed by atoms with Crippen LogP contribution in [0.1, 0.15) is 34.3 Å². The number of carbonyl (C=O) groups is 1. The lowest BCUT2D eigenvalue weighted by atomic mass is 10.1. The fourth-order valence-electron chi connectivity index (χ4n) is 3.89. The summed E-state index contributed by atoms with van der Waals surface area (Å²) >= 11 is 0. The normalized spacial score (nSPS) is 15.6. The fourth-order valence-corrected chi connectivity index (χ4v) is 3.89. The number of benzene rings is 3. The van der Waals surface area contributed by atoms with Gasteiger partial charge in [-0.25, -0.2) is 0 Å². The van der Waals surface area contributed by atoms with Crippen LogP contribution in [-0.4, -0.2) is 23.5 Å². The number of rotatable bonds is 8. The molecule has 3 aromatic rings. The molecule has 0 saturated carbocycles. The summed E-state index contributed by atoms with van der Waals surface area (Å²) in [6, 6.07) is 30.2. The highest BCUT2D eigenvalue weighted by atomic mass is 16.5. The van der Waals surface area contributed by atoms with Crippen molar-refractivity contribution < 1.29 is 9.53 Å². The maximum atomic E-state index is 13.3. The van der Waals surface area contributed by atoms with E-state index in [1.54, 1.807) is 0 Å². The summed E-state index contributed by atoms with van der Waals surface area (Å²) in [5.41, 5.74) is 4.34. The lowest BCUT2D eigenvalue weighted by Gasteiger charge is -2.30. The van der Waals surface area contributed by atoms with E-state index < -0.39 is 0 Å². The van der Waals surface area contributed by atoms with Crippen LogP contribution in [0.15, 0.2) is 103 Å². The molecule has 0 fully saturated rings. The predicted octanol–water partition coefficient (Wildman–Crippen LogP) is 5.63. The number of ether oxygens (including phenoxy) is 1. The van der Waals surface area contributed by atoms with E-state index in [1.807, 2.05) is 71.6 Å². The van der Waals surface area contributed by atoms with Crippen molar-refractivity contribution in [3.63, 3.8) is 0 Å². The summed E-state index contributed by atoms with van der Waals surface area (Å²) in [6.07, 6.45) is 3.97. The maximum Gasteiger partial charge on any atom is 0.254 e. The smallest absolute Gasteiger partial charge is 0.254 e. The van der Waals surface area contributed by atoms with Gasteiger partial charge in [-0.05, 0) is 41.7 Å². The second kappa shape index (κ2) is 10.0. The van der Waals surface area contributed by atoms with Crippen LogP contribution in [0.4, 0.5) is 0 Å². The lowest BCUT2D eigenvalue weighted by Crippen LogP contribution is -2.38. The first kappa shape index (κ1) is 20.1. The van der Waals surface area contributed by atoms with Crippen molar-refractivity contribution >= 4 is 5.91 Å². The van der Waals surface area contributed by atoms with E-state index >= 15 is 0 Å². The van der Waals surface area contributed by atoms with Gasteiger partial charge < -0.3 is 9.64 Å². The van der Waals surface area contributed by atoms with Crippen molar-refractivity contribution in [1.82, 2.24) is 4.90 Å². The topological polar surface area (TPSA) is 29.5 Å². The van der Waals surface area contributed by atoms with Crippen LogP contribution < -0.4 is 0 Å². The molecule has 1 amide bonds. The van der Waals surface area contributed by atoms with Gasteiger partial charge in [0.05, 0.1) is 13.2 Å². The first-order chi connectivity index (χ1) is 14.8. The standard InChI is InChI=1S/C27H27NO2/c29-27(25-14-8-3-9-15-25)28(19-22-10-4-1-5-11-22)26-17-16-24(18-26)21-30-20-23-12-6-2-7-13-23/h1-16,26H,17-21H2/t26-/m0/s1. The molecule has 1 aliphatic rings. The Morgan fingerprint density at radius 1 is 0.800 bits per heavy atom. The van der Waals surface area contributed by atoms with Crippen molar-refractivity contribution in [2.75, 3.05) is 6.61 Å². The van der Waals surface area contributed by atoms with Gasteiger partial charge in [-0.3, -0.25) is 4.79 Å². The van der Waals surface area contributed by atoms with E-state index in [9.17, 15) is 4.79 Å². The van der Waals surface area contributed by atoms with Gasteiger partial charge in [0.1, 0.15) is 0 Å². The zero-order valence-electron chi connectivity index (χ0n) is 17.1. The molecule has 3 heteroatoms. The SMILES string of the molecule is O=C(c1ccccc1)N(Cc1ccccc1)[C@H]1CC=C(COCc2ccccc2)C1. The zero-order valence-corrected chi connectivity index (χ0v) is 17.1. The largest absolute Gasteiger partial charge is 0.372 e. The van der Waals surface area contributed by atoms with E-state index in [2.05, 4.69) is 30.3 Å². The number of nitrogens with zero attached hydrogens (tertiary/aromatic N) is 1. The Bertz CT molecular complexity index is 968. The molecule has 0 aliphatic heterocycles. The Balaban J connectivity index is 1.40. The highest BCUT2D eigenvalue weighted by Gasteiger charge is 2.28. The summed E-state index contributed by atoms with van der Waals surface area (Å²) in [6.45, 7) is 1.84. The average molecular weight is 398 g/mol. The second-order valence-electron chi connectivity index (χ2n) is 7.72. The quantitative estimate of drug-likeness (QED) is 0.461. The highest BCUT2D eigenvalue weighted by molar-refractivity contribution is 5.94. The van der Waals surface area contributed by atoms with Crippen LogP contribution in [-0.2, 0) is 17.9 Å². The van der Waals surface area contributed by atoms with Crippen LogP contribution >= 0.6 is 0 Å². The molecule has 0 unspecified atom stereocenters. The molecule has 1 aliphatic carbocycles. The molecule has 0 saturated heterocycles. The summed E-state index contributed by atoms with van der Waals surface area (Å²) in [5.74, 6) is 0.0873. The molecule has 152 valence electrons. The molecule has 30 heavy (non-hydrogen) atoms. The first-order valence-electron chi connectivity index (χ1n) is 10.5. The van der Waals surface area contributed by atoms with Crippen LogP contribution in [0.2, 0.25) is 0 Å². The van der Waals surface area contributed by atoms with Gasteiger partial charge in [0, 0.05) is 18.2 Å². The number of hydrogen-bond acceptors (Lipinski definition) is 2. The van der Waals surface area contributed by atoms with Crippen molar-refractivity contribution in [2.45, 2.75) is 32.0 Å². The Kier molecular flexibility index (Phi) is 6.73. The van der Waals surface area contributed by atoms with E-state index in [-0.39, 0.29) is 11.9 Å². The van der Waals surface area contributed by atoms with Crippen LogP contribution in [0.3, 0.4) is 0 Å². The van der Waals surface area contributed by atoms with Crippen molar-refractivity contribution in [2.24, 2.45) is 0 Å². The van der Waals surface area contributed by atoms with E-state index in [0.29, 0.717) is 19.8 Å². The van der Waals surface area contributed by atoms with Crippen LogP contribution in [0.5, 0.6) is 0 Å². The van der Waals surface area contributed by atoms with Crippen molar-refractivity contribution in [3.05, 3.63) is 119 Å². The van der Waals surface area contributed by atoms with E-state index in [4.69, 9.17) is 4.74 Å². The molecule has 0 aromatic heterocycles. The Labute approximate surface area is 178 Å². The molecule has 0 N–H and O–H groups in total. The molecule has 3 nitrogen and oxygen atoms in total. The minimum Gasteiger partial charge on any atom is -0.372 e. The zero-order chi connectivity index (χ0) is 20.6. The van der Waals surface area contributed by atoms with Crippen molar-refractivity contribution in [3.8, 4) is 0 Å². The van der Waals surface area contributed by atoms with Crippen LogP contribution in [0, 0.1) is 0 Å². The molecule has 3 aromatic carbocycles. The van der Waals surface area contributed by atoms with Gasteiger partial charge in [0.25, 0.3) is 5.91 Å². The molecule has 0 bridgehead atoms. The van der Waals surface area contributed by atoms with Gasteiger partial charge in [0.2, 0.25) is 0 Å². The molecular formula is C27H27NO2. The maximum absolute atomic E-state index is 13.3. The minimum atomic E-state index is 0.0873. The van der Waals surface area contributed by atoms with Crippen LogP contribution in [0.25, 0.3) is 0 Å². The summed E-state index contributed by atoms with van der Waals surface area (Å²) < 4.78 is 5.92.